The van der Waals surface area contributed by atoms with Crippen LogP contribution in [0.2, 0.25) is 0 Å². The van der Waals surface area contributed by atoms with Crippen LogP contribution in [0.5, 0.6) is 5.75 Å². The maximum Gasteiger partial charge on any atom is 0.255 e. The highest BCUT2D eigenvalue weighted by atomic mass is 16.5. The van der Waals surface area contributed by atoms with E-state index in [-0.39, 0.29) is 11.7 Å². The molecule has 2 fully saturated rings. The fourth-order valence-electron chi connectivity index (χ4n) is 5.37. The quantitative estimate of drug-likeness (QED) is 0.613. The second-order valence-corrected chi connectivity index (χ2v) is 9.76. The lowest BCUT2D eigenvalue weighted by atomic mass is 9.82. The lowest BCUT2D eigenvalue weighted by Crippen LogP contribution is -2.49. The van der Waals surface area contributed by atoms with Crippen LogP contribution in [0.1, 0.15) is 40.0 Å². The van der Waals surface area contributed by atoms with Gasteiger partial charge in [-0.25, -0.2) is 4.98 Å². The molecule has 2 N–H and O–H groups in total. The Labute approximate surface area is 198 Å². The van der Waals surface area contributed by atoms with Crippen molar-refractivity contribution in [2.45, 2.75) is 24.9 Å². The second-order valence-electron chi connectivity index (χ2n) is 9.76. The predicted molar refractivity (Wildman–Crippen MR) is 129 cm³/mol. The van der Waals surface area contributed by atoms with Crippen LogP contribution in [0.15, 0.2) is 36.7 Å². The third-order valence-electron chi connectivity index (χ3n) is 7.49. The number of fused-ring (bicyclic) bond motifs is 2. The standard InChI is InChI=1S/C26H29N5O3/c1-30-8-10-31(11-9-30)25(33)18-12-20-21(16-29-24(20)28-15-18)17-2-3-19-22(32)14-26(34-23(19)13-17)4-6-27-7-5-26/h2-3,12-13,15-16,27H,4-11,14H2,1H3,(H,28,29). The van der Waals surface area contributed by atoms with Crippen molar-refractivity contribution in [1.82, 2.24) is 25.1 Å². The molecule has 0 unspecified atom stereocenters. The highest BCUT2D eigenvalue weighted by Gasteiger charge is 2.41. The first kappa shape index (κ1) is 21.3. The molecule has 6 rings (SSSR count). The number of Topliss-reactive ketones (excluding diaryl/α,β-unsaturated/α-hetero) is 1. The lowest BCUT2D eigenvalue weighted by molar-refractivity contribution is 0.0188. The van der Waals surface area contributed by atoms with Gasteiger partial charge < -0.3 is 24.8 Å². The maximum absolute atomic E-state index is 13.1. The van der Waals surface area contributed by atoms with Crippen LogP contribution >= 0.6 is 0 Å². The molecular weight excluding hydrogens is 430 g/mol. The average molecular weight is 460 g/mol. The SMILES string of the molecule is CN1CCN(C(=O)c2cnc3[nH]cc(-c4ccc5c(c4)OC4(CCNCC4)CC5=O)c3c2)CC1. The van der Waals surface area contributed by atoms with Crippen LogP contribution in [0.4, 0.5) is 0 Å². The van der Waals surface area contributed by atoms with Crippen molar-refractivity contribution < 1.29 is 14.3 Å². The summed E-state index contributed by atoms with van der Waals surface area (Å²) >= 11 is 0. The summed E-state index contributed by atoms with van der Waals surface area (Å²) in [6.45, 7) is 4.92. The minimum absolute atomic E-state index is 0.0156. The van der Waals surface area contributed by atoms with E-state index in [1.54, 1.807) is 6.20 Å². The van der Waals surface area contributed by atoms with Gasteiger partial charge in [-0.1, -0.05) is 6.07 Å². The van der Waals surface area contributed by atoms with Crippen molar-refractivity contribution in [2.75, 3.05) is 46.3 Å². The summed E-state index contributed by atoms with van der Waals surface area (Å²) in [5.74, 6) is 0.819. The number of nitrogens with one attached hydrogen (secondary N) is 2. The predicted octanol–water partition coefficient (Wildman–Crippen LogP) is 2.70. The minimum atomic E-state index is -0.405. The summed E-state index contributed by atoms with van der Waals surface area (Å²) in [4.78, 5) is 37.9. The van der Waals surface area contributed by atoms with Crippen molar-refractivity contribution in [3.63, 3.8) is 0 Å². The van der Waals surface area contributed by atoms with Gasteiger partial charge in [0.25, 0.3) is 5.91 Å². The summed E-state index contributed by atoms with van der Waals surface area (Å²) in [5, 5.41) is 4.24. The highest BCUT2D eigenvalue weighted by molar-refractivity contribution is 6.03. The third kappa shape index (κ3) is 3.67. The molecule has 0 atom stereocenters. The largest absolute Gasteiger partial charge is 0.486 e. The number of carbonyl (C=O) groups is 2. The topological polar surface area (TPSA) is 90.6 Å². The van der Waals surface area contributed by atoms with Gasteiger partial charge in [-0.05, 0) is 43.9 Å². The summed E-state index contributed by atoms with van der Waals surface area (Å²) in [6, 6.07) is 7.72. The number of piperidine rings is 1. The molecule has 1 spiro atoms. The number of H-pyrrole nitrogens is 1. The Morgan fingerprint density at radius 3 is 2.68 bits per heavy atom. The lowest BCUT2D eigenvalue weighted by Gasteiger charge is -2.41. The van der Waals surface area contributed by atoms with Gasteiger partial charge in [0.05, 0.1) is 17.5 Å². The molecule has 0 aliphatic carbocycles. The smallest absolute Gasteiger partial charge is 0.255 e. The van der Waals surface area contributed by atoms with E-state index in [4.69, 9.17) is 4.74 Å². The monoisotopic (exact) mass is 459 g/mol. The minimum Gasteiger partial charge on any atom is -0.486 e. The van der Waals surface area contributed by atoms with E-state index in [2.05, 4.69) is 27.2 Å². The molecule has 0 radical (unpaired) electrons. The van der Waals surface area contributed by atoms with Gasteiger partial charge in [0.2, 0.25) is 0 Å². The number of carbonyl (C=O) groups excluding carboxylic acids is 2. The van der Waals surface area contributed by atoms with Gasteiger partial charge in [-0.2, -0.15) is 0 Å². The Bertz CT molecular complexity index is 1270. The summed E-state index contributed by atoms with van der Waals surface area (Å²) in [7, 11) is 2.07. The van der Waals surface area contributed by atoms with E-state index in [1.165, 1.54) is 0 Å². The number of aromatic nitrogens is 2. The molecule has 1 amide bonds. The number of rotatable bonds is 2. The first-order chi connectivity index (χ1) is 16.5. The molecule has 0 bridgehead atoms. The van der Waals surface area contributed by atoms with Gasteiger partial charge in [-0.15, -0.1) is 0 Å². The first-order valence-corrected chi connectivity index (χ1v) is 12.0. The zero-order chi connectivity index (χ0) is 23.3. The molecular formula is C26H29N5O3. The number of likely N-dealkylation sites (N-methyl/N-ethyl adjacent to an activating group) is 1. The van der Waals surface area contributed by atoms with Crippen LogP contribution in [-0.4, -0.2) is 83.4 Å². The van der Waals surface area contributed by atoms with Crippen molar-refractivity contribution in [2.24, 2.45) is 0 Å². The highest BCUT2D eigenvalue weighted by Crippen LogP contribution is 2.41. The van der Waals surface area contributed by atoms with Crippen LogP contribution in [-0.2, 0) is 0 Å². The molecule has 1 aromatic carbocycles. The van der Waals surface area contributed by atoms with Gasteiger partial charge in [-0.3, -0.25) is 9.59 Å². The first-order valence-electron chi connectivity index (χ1n) is 12.0. The van der Waals surface area contributed by atoms with E-state index in [0.717, 1.165) is 74.3 Å². The van der Waals surface area contributed by atoms with Crippen LogP contribution in [0, 0.1) is 0 Å². The zero-order valence-corrected chi connectivity index (χ0v) is 19.4. The van der Waals surface area contributed by atoms with E-state index in [1.807, 2.05) is 35.4 Å². The number of pyridine rings is 1. The van der Waals surface area contributed by atoms with Gasteiger partial charge >= 0.3 is 0 Å². The molecule has 2 saturated heterocycles. The molecule has 5 heterocycles. The molecule has 0 saturated carbocycles. The maximum atomic E-state index is 13.1. The Balaban J connectivity index is 1.34. The summed E-state index contributed by atoms with van der Waals surface area (Å²) in [6.07, 6.45) is 5.66. The second kappa shape index (κ2) is 8.21. The van der Waals surface area contributed by atoms with Crippen LogP contribution < -0.4 is 10.1 Å². The van der Waals surface area contributed by atoms with Gasteiger partial charge in [0, 0.05) is 62.4 Å². The van der Waals surface area contributed by atoms with Crippen molar-refractivity contribution >= 4 is 22.7 Å². The molecule has 176 valence electrons. The Morgan fingerprint density at radius 2 is 1.88 bits per heavy atom. The zero-order valence-electron chi connectivity index (χ0n) is 19.4. The van der Waals surface area contributed by atoms with E-state index < -0.39 is 5.60 Å². The molecule has 3 aliphatic heterocycles. The fourth-order valence-corrected chi connectivity index (χ4v) is 5.37. The number of piperazine rings is 1. The number of amides is 1. The number of nitrogens with zero attached hydrogens (tertiary/aromatic N) is 3. The van der Waals surface area contributed by atoms with E-state index in [9.17, 15) is 9.59 Å². The number of hydrogen-bond acceptors (Lipinski definition) is 6. The Morgan fingerprint density at radius 1 is 1.09 bits per heavy atom. The van der Waals surface area contributed by atoms with E-state index >= 15 is 0 Å². The van der Waals surface area contributed by atoms with Gasteiger partial charge in [0.15, 0.2) is 5.78 Å². The number of hydrogen-bond donors (Lipinski definition) is 2. The fraction of sp³-hybridized carbons (Fsp3) is 0.423. The third-order valence-corrected chi connectivity index (χ3v) is 7.49. The van der Waals surface area contributed by atoms with Crippen LogP contribution in [0.3, 0.4) is 0 Å². The Hall–Kier alpha value is -3.23. The Kier molecular flexibility index (Phi) is 5.15. The molecule has 3 aliphatic rings. The van der Waals surface area contributed by atoms with Crippen LogP contribution in [0.25, 0.3) is 22.2 Å². The normalized spacial score (nSPS) is 20.4. The molecule has 3 aromatic rings. The van der Waals surface area contributed by atoms with Crippen molar-refractivity contribution in [1.29, 1.82) is 0 Å². The van der Waals surface area contributed by atoms with Gasteiger partial charge in [0.1, 0.15) is 17.0 Å². The molecule has 34 heavy (non-hydrogen) atoms. The number of ketones is 1. The van der Waals surface area contributed by atoms with Crippen molar-refractivity contribution in [3.05, 3.63) is 47.8 Å². The average Bonchev–Trinajstić information content (AvgIpc) is 3.27. The molecule has 2 aromatic heterocycles. The number of benzene rings is 1. The molecule has 8 nitrogen and oxygen atoms in total. The summed E-state index contributed by atoms with van der Waals surface area (Å²) < 4.78 is 6.48. The number of ether oxygens (including phenoxy) is 1. The van der Waals surface area contributed by atoms with Crippen molar-refractivity contribution in [3.8, 4) is 16.9 Å². The summed E-state index contributed by atoms with van der Waals surface area (Å²) in [5.41, 5.74) is 3.45. The molecule has 8 heteroatoms. The van der Waals surface area contributed by atoms with E-state index in [0.29, 0.717) is 23.3 Å². The number of aromatic amines is 1.